The maximum atomic E-state index is 9.76. The first-order valence-electron chi connectivity index (χ1n) is 6.47. The summed E-state index contributed by atoms with van der Waals surface area (Å²) in [6.45, 7) is 0.496. The van der Waals surface area contributed by atoms with Gasteiger partial charge in [0.1, 0.15) is 0 Å². The highest BCUT2D eigenvalue weighted by Gasteiger charge is 2.11. The Morgan fingerprint density at radius 3 is 2.62 bits per heavy atom. The zero-order valence-corrected chi connectivity index (χ0v) is 11.2. The molecular formula is C16H13N3O2. The van der Waals surface area contributed by atoms with Gasteiger partial charge >= 0.3 is 5.95 Å². The van der Waals surface area contributed by atoms with Gasteiger partial charge in [-0.3, -0.25) is 9.98 Å². The van der Waals surface area contributed by atoms with E-state index in [0.717, 1.165) is 11.1 Å². The van der Waals surface area contributed by atoms with Crippen molar-refractivity contribution in [2.45, 2.75) is 6.54 Å². The molecule has 0 saturated carbocycles. The molecular weight excluding hydrogens is 266 g/mol. The Morgan fingerprint density at radius 1 is 1.10 bits per heavy atom. The lowest BCUT2D eigenvalue weighted by molar-refractivity contribution is 0.337. The molecule has 104 valence electrons. The molecule has 5 heteroatoms. The topological polar surface area (TPSA) is 71.5 Å². The van der Waals surface area contributed by atoms with E-state index in [0.29, 0.717) is 18.1 Å². The monoisotopic (exact) mass is 279 g/mol. The number of aromatic hydroxyl groups is 1. The Kier molecular flexibility index (Phi) is 3.73. The summed E-state index contributed by atoms with van der Waals surface area (Å²) in [6, 6.07) is 13.2. The van der Waals surface area contributed by atoms with Gasteiger partial charge in [0, 0.05) is 18.0 Å². The number of nitrogens with zero attached hydrogens (tertiary/aromatic N) is 3. The molecule has 0 spiro atoms. The first kappa shape index (κ1) is 13.1. The Labute approximate surface area is 121 Å². The molecule has 0 amide bonds. The van der Waals surface area contributed by atoms with E-state index in [1.165, 1.54) is 6.21 Å². The van der Waals surface area contributed by atoms with Crippen LogP contribution in [-0.2, 0) is 6.54 Å². The second-order valence-electron chi connectivity index (χ2n) is 4.40. The van der Waals surface area contributed by atoms with Gasteiger partial charge in [-0.15, -0.1) is 0 Å². The average Bonchev–Trinajstić information content (AvgIpc) is 2.91. The number of benzene rings is 1. The molecule has 3 aromatic rings. The van der Waals surface area contributed by atoms with E-state index < -0.39 is 0 Å². The summed E-state index contributed by atoms with van der Waals surface area (Å²) >= 11 is 0. The minimum atomic E-state index is -0.229. The van der Waals surface area contributed by atoms with Crippen molar-refractivity contribution in [2.24, 2.45) is 4.99 Å². The molecule has 1 N–H and O–H groups in total. The minimum absolute atomic E-state index is 0.229. The van der Waals surface area contributed by atoms with Crippen molar-refractivity contribution in [1.82, 2.24) is 9.97 Å². The van der Waals surface area contributed by atoms with Gasteiger partial charge in [-0.05, 0) is 29.8 Å². The number of rotatable bonds is 4. The van der Waals surface area contributed by atoms with Crippen LogP contribution in [0.25, 0.3) is 11.5 Å². The summed E-state index contributed by atoms with van der Waals surface area (Å²) in [4.78, 5) is 12.4. The summed E-state index contributed by atoms with van der Waals surface area (Å²) in [5, 5.41) is 9.76. The number of hydrogen-bond acceptors (Lipinski definition) is 5. The summed E-state index contributed by atoms with van der Waals surface area (Å²) < 4.78 is 5.25. The predicted molar refractivity (Wildman–Crippen MR) is 79.1 cm³/mol. The summed E-state index contributed by atoms with van der Waals surface area (Å²) in [6.07, 6.45) is 4.93. The van der Waals surface area contributed by atoms with Gasteiger partial charge in [-0.1, -0.05) is 18.2 Å². The predicted octanol–water partition coefficient (Wildman–Crippen LogP) is 3.06. The smallest absolute Gasteiger partial charge is 0.312 e. The van der Waals surface area contributed by atoms with E-state index in [2.05, 4.69) is 15.0 Å². The van der Waals surface area contributed by atoms with Crippen molar-refractivity contribution in [3.63, 3.8) is 0 Å². The highest BCUT2D eigenvalue weighted by Crippen LogP contribution is 2.25. The van der Waals surface area contributed by atoms with Crippen molar-refractivity contribution in [1.29, 1.82) is 0 Å². The molecule has 0 bridgehead atoms. The van der Waals surface area contributed by atoms with Crippen LogP contribution in [0, 0.1) is 0 Å². The van der Waals surface area contributed by atoms with Crippen molar-refractivity contribution < 1.29 is 9.52 Å². The lowest BCUT2D eigenvalue weighted by atomic mass is 10.2. The molecule has 0 unspecified atom stereocenters. The first-order valence-corrected chi connectivity index (χ1v) is 6.47. The molecule has 3 rings (SSSR count). The Morgan fingerprint density at radius 2 is 1.86 bits per heavy atom. The van der Waals surface area contributed by atoms with Crippen molar-refractivity contribution >= 4 is 6.21 Å². The Hall–Kier alpha value is -2.95. The number of oxazole rings is 1. The summed E-state index contributed by atoms with van der Waals surface area (Å²) in [7, 11) is 0. The molecule has 0 atom stereocenters. The normalized spacial score (nSPS) is 11.0. The Bertz CT molecular complexity index is 737. The maximum absolute atomic E-state index is 9.76. The van der Waals surface area contributed by atoms with Gasteiger partial charge in [-0.25, -0.2) is 4.98 Å². The molecule has 0 aliphatic heterocycles. The fourth-order valence-electron chi connectivity index (χ4n) is 1.84. The van der Waals surface area contributed by atoms with Crippen LogP contribution in [0.15, 0.2) is 64.3 Å². The molecule has 2 aromatic heterocycles. The first-order chi connectivity index (χ1) is 10.3. The standard InChI is InChI=1S/C16H13N3O2/c20-16-14(11-18-10-12-6-8-17-9-7-12)19-15(21-16)13-4-2-1-3-5-13/h1-9,11,20H,10H2. The van der Waals surface area contributed by atoms with E-state index in [-0.39, 0.29) is 5.95 Å². The number of aliphatic imine (C=N–C) groups is 1. The lowest BCUT2D eigenvalue weighted by Crippen LogP contribution is -1.86. The van der Waals surface area contributed by atoms with E-state index in [1.807, 2.05) is 42.5 Å². The second kappa shape index (κ2) is 6.00. The zero-order valence-electron chi connectivity index (χ0n) is 11.2. The van der Waals surface area contributed by atoms with Gasteiger partial charge in [0.15, 0.2) is 5.69 Å². The minimum Gasteiger partial charge on any atom is -0.479 e. The van der Waals surface area contributed by atoms with Gasteiger partial charge in [0.2, 0.25) is 5.89 Å². The largest absolute Gasteiger partial charge is 0.479 e. The van der Waals surface area contributed by atoms with Crippen LogP contribution in [0.5, 0.6) is 5.95 Å². The molecule has 1 aromatic carbocycles. The van der Waals surface area contributed by atoms with Crippen LogP contribution in [0.2, 0.25) is 0 Å². The zero-order chi connectivity index (χ0) is 14.5. The third-order valence-electron chi connectivity index (χ3n) is 2.89. The van der Waals surface area contributed by atoms with Crippen molar-refractivity contribution in [3.8, 4) is 17.4 Å². The number of pyridine rings is 1. The maximum Gasteiger partial charge on any atom is 0.312 e. The molecule has 0 aliphatic carbocycles. The molecule has 2 heterocycles. The fraction of sp³-hybridized carbons (Fsp3) is 0.0625. The van der Waals surface area contributed by atoms with E-state index >= 15 is 0 Å². The third kappa shape index (κ3) is 3.14. The highest BCUT2D eigenvalue weighted by atomic mass is 16.5. The van der Waals surface area contributed by atoms with Crippen LogP contribution >= 0.6 is 0 Å². The third-order valence-corrected chi connectivity index (χ3v) is 2.89. The van der Waals surface area contributed by atoms with Gasteiger partial charge in [0.05, 0.1) is 12.8 Å². The van der Waals surface area contributed by atoms with Crippen LogP contribution in [-0.4, -0.2) is 21.3 Å². The molecule has 21 heavy (non-hydrogen) atoms. The second-order valence-corrected chi connectivity index (χ2v) is 4.40. The molecule has 0 radical (unpaired) electrons. The van der Waals surface area contributed by atoms with Crippen LogP contribution in [0.4, 0.5) is 0 Å². The number of hydrogen-bond donors (Lipinski definition) is 1. The lowest BCUT2D eigenvalue weighted by Gasteiger charge is -1.93. The van der Waals surface area contributed by atoms with E-state index in [4.69, 9.17) is 4.42 Å². The van der Waals surface area contributed by atoms with Crippen LogP contribution in [0.1, 0.15) is 11.3 Å². The quantitative estimate of drug-likeness (QED) is 0.745. The molecule has 0 aliphatic rings. The van der Waals surface area contributed by atoms with Crippen molar-refractivity contribution in [3.05, 3.63) is 66.1 Å². The highest BCUT2D eigenvalue weighted by molar-refractivity contribution is 5.80. The van der Waals surface area contributed by atoms with E-state index in [1.54, 1.807) is 12.4 Å². The van der Waals surface area contributed by atoms with Gasteiger partial charge in [0.25, 0.3) is 0 Å². The fourth-order valence-corrected chi connectivity index (χ4v) is 1.84. The summed E-state index contributed by atoms with van der Waals surface area (Å²) in [5.74, 6) is 0.144. The van der Waals surface area contributed by atoms with E-state index in [9.17, 15) is 5.11 Å². The molecule has 0 saturated heterocycles. The van der Waals surface area contributed by atoms with Crippen molar-refractivity contribution in [2.75, 3.05) is 0 Å². The van der Waals surface area contributed by atoms with Gasteiger partial charge in [-0.2, -0.15) is 0 Å². The number of aromatic nitrogens is 2. The molecule has 0 fully saturated rings. The van der Waals surface area contributed by atoms with Gasteiger partial charge < -0.3 is 9.52 Å². The molecule has 5 nitrogen and oxygen atoms in total. The average molecular weight is 279 g/mol. The Balaban J connectivity index is 1.76. The van der Waals surface area contributed by atoms with Crippen LogP contribution < -0.4 is 0 Å². The van der Waals surface area contributed by atoms with Crippen LogP contribution in [0.3, 0.4) is 0 Å². The summed E-state index contributed by atoms with van der Waals surface area (Å²) in [5.41, 5.74) is 2.16. The SMILES string of the molecule is Oc1oc(-c2ccccc2)nc1C=NCc1ccncc1.